The fourth-order valence-corrected chi connectivity index (χ4v) is 3.41. The average Bonchev–Trinajstić information content (AvgIpc) is 3.10. The smallest absolute Gasteiger partial charge is 0.339 e. The molecule has 0 unspecified atom stereocenters. The number of nitrogens with zero attached hydrogens (tertiary/aromatic N) is 3. The van der Waals surface area contributed by atoms with Crippen molar-refractivity contribution in [1.29, 1.82) is 0 Å². The van der Waals surface area contributed by atoms with Gasteiger partial charge in [0.25, 0.3) is 6.01 Å². The lowest BCUT2D eigenvalue weighted by molar-refractivity contribution is 0.00704. The van der Waals surface area contributed by atoms with Crippen molar-refractivity contribution < 1.29 is 19.5 Å². The second kappa shape index (κ2) is 10.2. The van der Waals surface area contributed by atoms with Gasteiger partial charge in [-0.2, -0.15) is 4.98 Å². The Morgan fingerprint density at radius 1 is 1.18 bits per heavy atom. The van der Waals surface area contributed by atoms with Crippen LogP contribution in [0.15, 0.2) is 60.3 Å². The van der Waals surface area contributed by atoms with E-state index in [0.717, 1.165) is 16.7 Å². The van der Waals surface area contributed by atoms with Crippen molar-refractivity contribution in [2.24, 2.45) is 5.16 Å². The molecule has 33 heavy (non-hydrogen) atoms. The minimum absolute atomic E-state index is 0.355. The molecule has 0 radical (unpaired) electrons. The molecule has 0 fully saturated rings. The number of rotatable bonds is 8. The zero-order valence-corrected chi connectivity index (χ0v) is 19.4. The Balaban J connectivity index is 1.93. The first kappa shape index (κ1) is 23.8. The minimum Gasteiger partial charge on any atom is -0.465 e. The van der Waals surface area contributed by atoms with Crippen molar-refractivity contribution in [1.82, 2.24) is 9.55 Å². The van der Waals surface area contributed by atoms with Gasteiger partial charge in [-0.3, -0.25) is 4.57 Å². The highest BCUT2D eigenvalue weighted by Gasteiger charge is 2.21. The number of carbonyl (C=O) groups is 1. The third kappa shape index (κ3) is 5.68. The molecule has 0 saturated heterocycles. The summed E-state index contributed by atoms with van der Waals surface area (Å²) in [5.74, 6) is -0.355. The highest BCUT2D eigenvalue weighted by molar-refractivity contribution is 5.97. The molecule has 0 spiro atoms. The van der Waals surface area contributed by atoms with Crippen LogP contribution in [0.4, 0.5) is 0 Å². The van der Waals surface area contributed by atoms with Crippen molar-refractivity contribution in [3.05, 3.63) is 77.6 Å². The van der Waals surface area contributed by atoms with E-state index in [-0.39, 0.29) is 5.97 Å². The third-order valence-electron chi connectivity index (χ3n) is 4.80. The zero-order valence-electron chi connectivity index (χ0n) is 19.4. The number of aromatic nitrogens is 2. The Morgan fingerprint density at radius 3 is 2.48 bits per heavy atom. The van der Waals surface area contributed by atoms with Crippen molar-refractivity contribution in [2.75, 3.05) is 6.61 Å². The van der Waals surface area contributed by atoms with Gasteiger partial charge in [0.05, 0.1) is 36.3 Å². The maximum absolute atomic E-state index is 12.7. The summed E-state index contributed by atoms with van der Waals surface area (Å²) in [5.41, 5.74) is 3.80. The van der Waals surface area contributed by atoms with Gasteiger partial charge in [0, 0.05) is 0 Å². The van der Waals surface area contributed by atoms with Crippen LogP contribution in [0.3, 0.4) is 0 Å². The van der Waals surface area contributed by atoms with Gasteiger partial charge in [-0.25, -0.2) is 4.79 Å². The zero-order chi connectivity index (χ0) is 24.0. The molecule has 2 aromatic carbocycles. The van der Waals surface area contributed by atoms with Gasteiger partial charge in [0.2, 0.25) is 0 Å². The number of hydrogen-bond acceptors (Lipinski definition) is 6. The molecule has 1 heterocycles. The minimum atomic E-state index is -0.572. The van der Waals surface area contributed by atoms with Crippen LogP contribution in [0.5, 0.6) is 6.01 Å². The molecule has 0 bridgehead atoms. The van der Waals surface area contributed by atoms with Crippen molar-refractivity contribution in [2.45, 2.75) is 39.8 Å². The van der Waals surface area contributed by atoms with E-state index in [1.54, 1.807) is 12.1 Å². The number of imidazole rings is 1. The molecule has 0 aliphatic rings. The van der Waals surface area contributed by atoms with Crippen LogP contribution in [-0.4, -0.2) is 39.2 Å². The normalized spacial score (nSPS) is 11.5. The summed E-state index contributed by atoms with van der Waals surface area (Å²) >= 11 is 0. The molecule has 0 aliphatic heterocycles. The van der Waals surface area contributed by atoms with E-state index >= 15 is 0 Å². The maximum Gasteiger partial charge on any atom is 0.339 e. The lowest BCUT2D eigenvalue weighted by Crippen LogP contribution is -2.24. The third-order valence-corrected chi connectivity index (χ3v) is 4.80. The largest absolute Gasteiger partial charge is 0.465 e. The molecule has 1 aromatic heterocycles. The van der Waals surface area contributed by atoms with Crippen LogP contribution < -0.4 is 4.74 Å². The summed E-state index contributed by atoms with van der Waals surface area (Å²) in [5, 5.41) is 12.3. The van der Waals surface area contributed by atoms with E-state index in [2.05, 4.69) is 16.7 Å². The van der Waals surface area contributed by atoms with E-state index in [1.165, 1.54) is 6.21 Å². The quantitative estimate of drug-likeness (QED) is 0.216. The van der Waals surface area contributed by atoms with Gasteiger partial charge in [-0.1, -0.05) is 54.2 Å². The molecule has 0 saturated carbocycles. The molecular weight excluding hydrogens is 418 g/mol. The van der Waals surface area contributed by atoms with Gasteiger partial charge in [-0.05, 0) is 56.5 Å². The Labute approximate surface area is 194 Å². The SMILES string of the molecule is C=Cc1nc(OCC)n(Cc2ccc(-c3ccccc3C(=O)OC(C)(C)C)cc2)c1/C=N\O. The van der Waals surface area contributed by atoms with Crippen LogP contribution in [0.25, 0.3) is 17.2 Å². The second-order valence-corrected chi connectivity index (χ2v) is 8.38. The summed E-state index contributed by atoms with van der Waals surface area (Å²) < 4.78 is 13.1. The highest BCUT2D eigenvalue weighted by atomic mass is 16.6. The molecular formula is C26H29N3O4. The van der Waals surface area contributed by atoms with Crippen LogP contribution in [0, 0.1) is 0 Å². The fourth-order valence-electron chi connectivity index (χ4n) is 3.41. The monoisotopic (exact) mass is 447 g/mol. The average molecular weight is 448 g/mol. The number of benzene rings is 2. The summed E-state index contributed by atoms with van der Waals surface area (Å²) in [4.78, 5) is 17.1. The first-order valence-electron chi connectivity index (χ1n) is 10.7. The first-order chi connectivity index (χ1) is 15.8. The summed E-state index contributed by atoms with van der Waals surface area (Å²) in [7, 11) is 0. The summed E-state index contributed by atoms with van der Waals surface area (Å²) in [6.45, 7) is 12.1. The van der Waals surface area contributed by atoms with E-state index < -0.39 is 5.60 Å². The number of hydrogen-bond donors (Lipinski definition) is 1. The Kier molecular flexibility index (Phi) is 7.33. The molecule has 0 amide bonds. The molecule has 1 N–H and O–H groups in total. The summed E-state index contributed by atoms with van der Waals surface area (Å²) in [6, 6.07) is 15.7. The highest BCUT2D eigenvalue weighted by Crippen LogP contribution is 2.27. The van der Waals surface area contributed by atoms with Crippen LogP contribution in [-0.2, 0) is 11.3 Å². The number of ether oxygens (including phenoxy) is 2. The van der Waals surface area contributed by atoms with Crippen molar-refractivity contribution >= 4 is 18.3 Å². The van der Waals surface area contributed by atoms with Crippen LogP contribution in [0.2, 0.25) is 0 Å². The van der Waals surface area contributed by atoms with Gasteiger partial charge in [0.15, 0.2) is 0 Å². The predicted octanol–water partition coefficient (Wildman–Crippen LogP) is 5.40. The lowest BCUT2D eigenvalue weighted by Gasteiger charge is -2.20. The topological polar surface area (TPSA) is 85.9 Å². The Morgan fingerprint density at radius 2 is 1.88 bits per heavy atom. The predicted molar refractivity (Wildman–Crippen MR) is 129 cm³/mol. The van der Waals surface area contributed by atoms with Gasteiger partial charge >= 0.3 is 5.97 Å². The molecule has 3 aromatic rings. The number of oxime groups is 1. The Hall–Kier alpha value is -3.87. The maximum atomic E-state index is 12.7. The molecule has 7 nitrogen and oxygen atoms in total. The lowest BCUT2D eigenvalue weighted by atomic mass is 9.98. The first-order valence-corrected chi connectivity index (χ1v) is 10.7. The standard InChI is InChI=1S/C26H29N3O4/c1-6-22-23(16-27-31)29(25(28-22)32-7-2)17-18-12-14-19(15-13-18)20-10-8-9-11-21(20)24(30)33-26(3,4)5/h6,8-16,31H,1,7,17H2,2-5H3/b27-16-. The van der Waals surface area contributed by atoms with Crippen molar-refractivity contribution in [3.8, 4) is 17.1 Å². The fraction of sp³-hybridized carbons (Fsp3) is 0.269. The molecule has 3 rings (SSSR count). The van der Waals surface area contributed by atoms with Crippen molar-refractivity contribution in [3.63, 3.8) is 0 Å². The van der Waals surface area contributed by atoms with Gasteiger partial charge in [-0.15, -0.1) is 0 Å². The van der Waals surface area contributed by atoms with E-state index in [4.69, 9.17) is 14.7 Å². The number of carbonyl (C=O) groups excluding carboxylic acids is 1. The van der Waals surface area contributed by atoms with E-state index in [0.29, 0.717) is 36.1 Å². The van der Waals surface area contributed by atoms with E-state index in [1.807, 2.05) is 74.7 Å². The van der Waals surface area contributed by atoms with Gasteiger partial charge < -0.3 is 14.7 Å². The second-order valence-electron chi connectivity index (χ2n) is 8.38. The summed E-state index contributed by atoms with van der Waals surface area (Å²) in [6.07, 6.45) is 2.91. The van der Waals surface area contributed by atoms with Crippen LogP contribution in [0.1, 0.15) is 55.0 Å². The van der Waals surface area contributed by atoms with E-state index in [9.17, 15) is 4.79 Å². The molecule has 7 heteroatoms. The van der Waals surface area contributed by atoms with Crippen LogP contribution >= 0.6 is 0 Å². The number of esters is 1. The Bertz CT molecular complexity index is 1160. The molecule has 0 aliphatic carbocycles. The molecule has 0 atom stereocenters. The van der Waals surface area contributed by atoms with Gasteiger partial charge in [0.1, 0.15) is 5.60 Å². The molecule has 172 valence electrons.